The highest BCUT2D eigenvalue weighted by Crippen LogP contribution is 2.30. The molecule has 0 aliphatic carbocycles. The molecule has 96 valence electrons. The highest BCUT2D eigenvalue weighted by molar-refractivity contribution is 5.98. The van der Waals surface area contributed by atoms with Gasteiger partial charge in [-0.1, -0.05) is 48.5 Å². The van der Waals surface area contributed by atoms with E-state index in [1.54, 1.807) is 0 Å². The second kappa shape index (κ2) is 4.10. The van der Waals surface area contributed by atoms with E-state index in [0.717, 1.165) is 11.1 Å². The monoisotopic (exact) mass is 260 g/mol. The van der Waals surface area contributed by atoms with Crippen LogP contribution in [-0.2, 0) is 0 Å². The van der Waals surface area contributed by atoms with Crippen molar-refractivity contribution in [2.24, 2.45) is 0 Å². The lowest BCUT2D eigenvalue weighted by molar-refractivity contribution is 0.626. The fourth-order valence-corrected chi connectivity index (χ4v) is 2.59. The minimum atomic E-state index is 0.204. The van der Waals surface area contributed by atoms with Crippen molar-refractivity contribution >= 4 is 27.9 Å². The topological polar surface area (TPSA) is 52.0 Å². The Morgan fingerprint density at radius 1 is 0.900 bits per heavy atom. The predicted molar refractivity (Wildman–Crippen MR) is 81.4 cm³/mol. The van der Waals surface area contributed by atoms with Crippen molar-refractivity contribution in [2.75, 3.05) is 5.73 Å². The summed E-state index contributed by atoms with van der Waals surface area (Å²) in [5, 5.41) is 2.45. The zero-order chi connectivity index (χ0) is 13.5. The molecule has 3 nitrogen and oxygen atoms in total. The number of hydrogen-bond acceptors (Lipinski definition) is 3. The molecule has 0 fully saturated rings. The van der Waals surface area contributed by atoms with Gasteiger partial charge in [-0.2, -0.15) is 4.98 Å². The first kappa shape index (κ1) is 11.1. The van der Waals surface area contributed by atoms with Crippen molar-refractivity contribution in [2.45, 2.75) is 0 Å². The molecular formula is C17H12N2O. The van der Waals surface area contributed by atoms with Crippen LogP contribution in [0.15, 0.2) is 65.1 Å². The van der Waals surface area contributed by atoms with Gasteiger partial charge in [0.2, 0.25) is 0 Å². The molecule has 0 spiro atoms. The molecule has 0 bridgehead atoms. The Kier molecular flexibility index (Phi) is 2.27. The van der Waals surface area contributed by atoms with Crippen molar-refractivity contribution in [3.8, 4) is 11.1 Å². The van der Waals surface area contributed by atoms with Crippen molar-refractivity contribution in [3.05, 3.63) is 60.7 Å². The lowest BCUT2D eigenvalue weighted by Crippen LogP contribution is -1.82. The van der Waals surface area contributed by atoms with Gasteiger partial charge in [0.25, 0.3) is 6.01 Å². The number of aromatic nitrogens is 1. The average molecular weight is 260 g/mol. The third kappa shape index (κ3) is 1.64. The van der Waals surface area contributed by atoms with Crippen LogP contribution in [0.1, 0.15) is 0 Å². The van der Waals surface area contributed by atoms with Gasteiger partial charge in [0.15, 0.2) is 5.58 Å². The van der Waals surface area contributed by atoms with Gasteiger partial charge < -0.3 is 10.2 Å². The molecule has 0 aliphatic rings. The first-order valence-electron chi connectivity index (χ1n) is 6.45. The van der Waals surface area contributed by atoms with E-state index in [-0.39, 0.29) is 6.01 Å². The first-order chi connectivity index (χ1) is 9.81. The van der Waals surface area contributed by atoms with E-state index in [1.165, 1.54) is 16.3 Å². The van der Waals surface area contributed by atoms with Crippen LogP contribution in [0.25, 0.3) is 33.0 Å². The molecular weight excluding hydrogens is 248 g/mol. The van der Waals surface area contributed by atoms with Crippen molar-refractivity contribution in [1.29, 1.82) is 0 Å². The maximum atomic E-state index is 5.59. The summed E-state index contributed by atoms with van der Waals surface area (Å²) in [5.74, 6) is 0. The highest BCUT2D eigenvalue weighted by atomic mass is 16.4. The van der Waals surface area contributed by atoms with Crippen molar-refractivity contribution in [3.63, 3.8) is 0 Å². The maximum Gasteiger partial charge on any atom is 0.292 e. The van der Waals surface area contributed by atoms with E-state index in [9.17, 15) is 0 Å². The van der Waals surface area contributed by atoms with Crippen LogP contribution in [0.2, 0.25) is 0 Å². The lowest BCUT2D eigenvalue weighted by Gasteiger charge is -2.06. The van der Waals surface area contributed by atoms with Crippen LogP contribution in [0.5, 0.6) is 0 Å². The van der Waals surface area contributed by atoms with Crippen molar-refractivity contribution < 1.29 is 4.42 Å². The van der Waals surface area contributed by atoms with Crippen LogP contribution in [0.3, 0.4) is 0 Å². The second-order valence-electron chi connectivity index (χ2n) is 4.76. The Hall–Kier alpha value is -2.81. The Morgan fingerprint density at radius 3 is 2.70 bits per heavy atom. The number of oxazole rings is 1. The smallest absolute Gasteiger partial charge is 0.292 e. The summed E-state index contributed by atoms with van der Waals surface area (Å²) in [6, 6.07) is 20.8. The molecule has 0 amide bonds. The summed E-state index contributed by atoms with van der Waals surface area (Å²) < 4.78 is 5.31. The zero-order valence-electron chi connectivity index (χ0n) is 10.7. The number of nitrogens with zero attached hydrogens (tertiary/aromatic N) is 1. The van der Waals surface area contributed by atoms with Crippen molar-refractivity contribution in [1.82, 2.24) is 4.98 Å². The molecule has 0 aliphatic heterocycles. The fourth-order valence-electron chi connectivity index (χ4n) is 2.59. The van der Waals surface area contributed by atoms with Gasteiger partial charge >= 0.3 is 0 Å². The van der Waals surface area contributed by atoms with Crippen LogP contribution in [0.4, 0.5) is 6.01 Å². The van der Waals surface area contributed by atoms with E-state index in [0.29, 0.717) is 5.58 Å². The standard InChI is InChI=1S/C17H12N2O/c18-17-19-15-10-12(8-9-16(15)20-17)14-7-3-5-11-4-1-2-6-13(11)14/h1-10H,(H2,18,19). The van der Waals surface area contributed by atoms with E-state index >= 15 is 0 Å². The molecule has 3 heteroatoms. The molecule has 0 unspecified atom stereocenters. The molecule has 3 aromatic carbocycles. The van der Waals surface area contributed by atoms with E-state index in [4.69, 9.17) is 10.2 Å². The summed E-state index contributed by atoms with van der Waals surface area (Å²) in [5.41, 5.74) is 9.39. The number of nitrogen functional groups attached to an aromatic ring is 1. The Balaban J connectivity index is 2.00. The number of benzene rings is 3. The quantitative estimate of drug-likeness (QED) is 0.557. The number of rotatable bonds is 1. The van der Waals surface area contributed by atoms with E-state index in [2.05, 4.69) is 41.4 Å². The fraction of sp³-hybridized carbons (Fsp3) is 0. The molecule has 0 radical (unpaired) electrons. The van der Waals surface area contributed by atoms with Crippen LogP contribution < -0.4 is 5.73 Å². The average Bonchev–Trinajstić information content (AvgIpc) is 2.85. The third-order valence-corrected chi connectivity index (χ3v) is 3.50. The van der Waals surface area contributed by atoms with E-state index < -0.39 is 0 Å². The Labute approximate surface area is 115 Å². The molecule has 4 aromatic rings. The summed E-state index contributed by atoms with van der Waals surface area (Å²) in [7, 11) is 0. The highest BCUT2D eigenvalue weighted by Gasteiger charge is 2.07. The van der Waals surface area contributed by atoms with Crippen LogP contribution in [-0.4, -0.2) is 4.98 Å². The van der Waals surface area contributed by atoms with E-state index in [1.807, 2.05) is 24.3 Å². The molecule has 2 N–H and O–H groups in total. The molecule has 0 saturated heterocycles. The Morgan fingerprint density at radius 2 is 1.75 bits per heavy atom. The third-order valence-electron chi connectivity index (χ3n) is 3.50. The number of hydrogen-bond donors (Lipinski definition) is 1. The normalized spacial score (nSPS) is 11.2. The molecule has 4 rings (SSSR count). The van der Waals surface area contributed by atoms with Gasteiger partial charge in [0.1, 0.15) is 5.52 Å². The van der Waals surface area contributed by atoms with Gasteiger partial charge in [0, 0.05) is 0 Å². The molecule has 0 saturated carbocycles. The zero-order valence-corrected chi connectivity index (χ0v) is 10.7. The SMILES string of the molecule is Nc1nc2cc(-c3cccc4ccccc34)ccc2o1. The largest absolute Gasteiger partial charge is 0.424 e. The minimum Gasteiger partial charge on any atom is -0.424 e. The lowest BCUT2D eigenvalue weighted by atomic mass is 9.98. The van der Waals surface area contributed by atoms with Gasteiger partial charge in [-0.05, 0) is 34.0 Å². The summed E-state index contributed by atoms with van der Waals surface area (Å²) in [4.78, 5) is 4.19. The Bertz CT molecular complexity index is 919. The number of fused-ring (bicyclic) bond motifs is 2. The molecule has 1 aromatic heterocycles. The second-order valence-corrected chi connectivity index (χ2v) is 4.76. The maximum absolute atomic E-state index is 5.59. The van der Waals surface area contributed by atoms with Crippen LogP contribution >= 0.6 is 0 Å². The molecule has 1 heterocycles. The predicted octanol–water partition coefficient (Wildman–Crippen LogP) is 4.23. The first-order valence-corrected chi connectivity index (χ1v) is 6.45. The van der Waals surface area contributed by atoms with Gasteiger partial charge in [-0.15, -0.1) is 0 Å². The van der Waals surface area contributed by atoms with Gasteiger partial charge in [0.05, 0.1) is 0 Å². The molecule has 0 atom stereocenters. The number of nitrogens with two attached hydrogens (primary N) is 1. The minimum absolute atomic E-state index is 0.204. The molecule has 20 heavy (non-hydrogen) atoms. The summed E-state index contributed by atoms with van der Waals surface area (Å²) in [6.45, 7) is 0. The number of anilines is 1. The van der Waals surface area contributed by atoms with Gasteiger partial charge in [-0.25, -0.2) is 0 Å². The summed E-state index contributed by atoms with van der Waals surface area (Å²) in [6.07, 6.45) is 0. The van der Waals surface area contributed by atoms with Crippen LogP contribution in [0, 0.1) is 0 Å². The summed E-state index contributed by atoms with van der Waals surface area (Å²) >= 11 is 0. The van der Waals surface area contributed by atoms with Gasteiger partial charge in [-0.3, -0.25) is 0 Å².